The summed E-state index contributed by atoms with van der Waals surface area (Å²) in [5.41, 5.74) is 5.63. The zero-order valence-corrected chi connectivity index (χ0v) is 8.33. The number of nitrogen functional groups attached to an aromatic ring is 1. The van der Waals surface area contributed by atoms with Crippen molar-refractivity contribution in [3.05, 3.63) is 29.6 Å². The third kappa shape index (κ3) is 2.47. The van der Waals surface area contributed by atoms with Crippen LogP contribution in [0.5, 0.6) is 0 Å². The molecule has 3 nitrogen and oxygen atoms in total. The SMILES string of the molecule is C#CCN(C)C(=O)c1ccc(F)c(N)c1. The van der Waals surface area contributed by atoms with Gasteiger partial charge in [0.1, 0.15) is 5.82 Å². The molecule has 0 heterocycles. The number of amides is 1. The van der Waals surface area contributed by atoms with Crippen LogP contribution >= 0.6 is 0 Å². The second-order valence-corrected chi connectivity index (χ2v) is 3.10. The summed E-state index contributed by atoms with van der Waals surface area (Å²) < 4.78 is 12.8. The fourth-order valence-electron chi connectivity index (χ4n) is 1.11. The topological polar surface area (TPSA) is 46.3 Å². The van der Waals surface area contributed by atoms with Crippen molar-refractivity contribution in [1.82, 2.24) is 4.90 Å². The molecule has 4 heteroatoms. The van der Waals surface area contributed by atoms with Gasteiger partial charge in [-0.25, -0.2) is 4.39 Å². The maximum Gasteiger partial charge on any atom is 0.254 e. The van der Waals surface area contributed by atoms with E-state index in [9.17, 15) is 9.18 Å². The fourth-order valence-corrected chi connectivity index (χ4v) is 1.11. The van der Waals surface area contributed by atoms with Crippen LogP contribution in [0.25, 0.3) is 0 Å². The lowest BCUT2D eigenvalue weighted by atomic mass is 10.1. The van der Waals surface area contributed by atoms with Gasteiger partial charge >= 0.3 is 0 Å². The van der Waals surface area contributed by atoms with Crippen molar-refractivity contribution >= 4 is 11.6 Å². The largest absolute Gasteiger partial charge is 0.396 e. The number of anilines is 1. The molecule has 1 aromatic rings. The summed E-state index contributed by atoms with van der Waals surface area (Å²) in [7, 11) is 1.57. The first-order chi connectivity index (χ1) is 7.06. The number of carbonyl (C=O) groups is 1. The van der Waals surface area contributed by atoms with Gasteiger partial charge in [0, 0.05) is 12.6 Å². The first-order valence-electron chi connectivity index (χ1n) is 4.30. The minimum absolute atomic E-state index is 0.0463. The summed E-state index contributed by atoms with van der Waals surface area (Å²) in [6, 6.07) is 3.83. The Kier molecular flexibility index (Phi) is 3.29. The van der Waals surface area contributed by atoms with Crippen molar-refractivity contribution in [2.45, 2.75) is 0 Å². The van der Waals surface area contributed by atoms with Crippen molar-refractivity contribution in [3.63, 3.8) is 0 Å². The smallest absolute Gasteiger partial charge is 0.254 e. The lowest BCUT2D eigenvalue weighted by Gasteiger charge is -2.13. The highest BCUT2D eigenvalue weighted by Crippen LogP contribution is 2.13. The van der Waals surface area contributed by atoms with E-state index in [-0.39, 0.29) is 18.1 Å². The molecule has 0 unspecified atom stereocenters. The third-order valence-electron chi connectivity index (χ3n) is 1.92. The molecule has 0 saturated carbocycles. The van der Waals surface area contributed by atoms with Crippen LogP contribution in [0.1, 0.15) is 10.4 Å². The van der Waals surface area contributed by atoms with Crippen LogP contribution in [0.3, 0.4) is 0 Å². The maximum atomic E-state index is 12.8. The molecule has 0 radical (unpaired) electrons. The first-order valence-corrected chi connectivity index (χ1v) is 4.30. The molecule has 1 rings (SSSR count). The van der Waals surface area contributed by atoms with Gasteiger partial charge in [-0.1, -0.05) is 5.92 Å². The number of benzene rings is 1. The van der Waals surface area contributed by atoms with Crippen LogP contribution in [0, 0.1) is 18.2 Å². The van der Waals surface area contributed by atoms with E-state index in [4.69, 9.17) is 12.2 Å². The zero-order chi connectivity index (χ0) is 11.4. The minimum atomic E-state index is -0.536. The number of halogens is 1. The molecular weight excluding hydrogens is 195 g/mol. The number of hydrogen-bond donors (Lipinski definition) is 1. The number of nitrogens with two attached hydrogens (primary N) is 1. The Balaban J connectivity index is 2.93. The van der Waals surface area contributed by atoms with Crippen LogP contribution in [-0.2, 0) is 0 Å². The lowest BCUT2D eigenvalue weighted by molar-refractivity contribution is 0.0812. The number of carbonyl (C=O) groups excluding carboxylic acids is 1. The highest BCUT2D eigenvalue weighted by molar-refractivity contribution is 5.95. The predicted octanol–water partition coefficient (Wildman–Crippen LogP) is 1.11. The molecule has 0 aromatic heterocycles. The molecule has 1 aromatic carbocycles. The highest BCUT2D eigenvalue weighted by atomic mass is 19.1. The molecular formula is C11H11FN2O. The van der Waals surface area contributed by atoms with Crippen molar-refractivity contribution in [1.29, 1.82) is 0 Å². The number of nitrogens with zero attached hydrogens (tertiary/aromatic N) is 1. The Hall–Kier alpha value is -2.02. The molecule has 0 spiro atoms. The fraction of sp³-hybridized carbons (Fsp3) is 0.182. The Morgan fingerprint density at radius 2 is 2.33 bits per heavy atom. The van der Waals surface area contributed by atoms with E-state index >= 15 is 0 Å². The third-order valence-corrected chi connectivity index (χ3v) is 1.92. The van der Waals surface area contributed by atoms with Gasteiger partial charge in [0.05, 0.1) is 12.2 Å². The lowest BCUT2D eigenvalue weighted by Crippen LogP contribution is -2.27. The molecule has 2 N–H and O–H groups in total. The minimum Gasteiger partial charge on any atom is -0.396 e. The van der Waals surface area contributed by atoms with Crippen molar-refractivity contribution in [2.75, 3.05) is 19.3 Å². The number of rotatable bonds is 2. The summed E-state index contributed by atoms with van der Waals surface area (Å²) in [5, 5.41) is 0. The predicted molar refractivity (Wildman–Crippen MR) is 56.6 cm³/mol. The van der Waals surface area contributed by atoms with Gasteiger partial charge in [-0.15, -0.1) is 6.42 Å². The van der Waals surface area contributed by atoms with Gasteiger partial charge in [-0.2, -0.15) is 0 Å². The summed E-state index contributed by atoms with van der Waals surface area (Å²) >= 11 is 0. The van der Waals surface area contributed by atoms with Crippen LogP contribution in [0.15, 0.2) is 18.2 Å². The Morgan fingerprint density at radius 1 is 1.67 bits per heavy atom. The molecule has 1 amide bonds. The molecule has 0 aliphatic carbocycles. The average Bonchev–Trinajstić information content (AvgIpc) is 2.21. The van der Waals surface area contributed by atoms with E-state index in [2.05, 4.69) is 5.92 Å². The van der Waals surface area contributed by atoms with Crippen LogP contribution in [-0.4, -0.2) is 24.4 Å². The molecule has 15 heavy (non-hydrogen) atoms. The Morgan fingerprint density at radius 3 is 2.87 bits per heavy atom. The summed E-state index contributed by atoms with van der Waals surface area (Å²) in [6.45, 7) is 0.204. The van der Waals surface area contributed by atoms with E-state index in [0.29, 0.717) is 5.56 Å². The molecule has 0 fully saturated rings. The monoisotopic (exact) mass is 206 g/mol. The average molecular weight is 206 g/mol. The van der Waals surface area contributed by atoms with Crippen LogP contribution < -0.4 is 5.73 Å². The summed E-state index contributed by atoms with van der Waals surface area (Å²) in [6.07, 6.45) is 5.07. The second-order valence-electron chi connectivity index (χ2n) is 3.10. The van der Waals surface area contributed by atoms with Gasteiger partial charge in [-0.3, -0.25) is 4.79 Å². The van der Waals surface area contributed by atoms with E-state index in [1.54, 1.807) is 7.05 Å². The van der Waals surface area contributed by atoms with E-state index in [0.717, 1.165) is 6.07 Å². The van der Waals surface area contributed by atoms with Gasteiger partial charge in [-0.05, 0) is 18.2 Å². The van der Waals surface area contributed by atoms with E-state index < -0.39 is 5.82 Å². The Bertz CT molecular complexity index is 423. The summed E-state index contributed by atoms with van der Waals surface area (Å²) in [4.78, 5) is 13.0. The normalized spacial score (nSPS) is 9.40. The molecule has 78 valence electrons. The van der Waals surface area contributed by atoms with Gasteiger partial charge in [0.25, 0.3) is 5.91 Å². The molecule has 0 saturated heterocycles. The van der Waals surface area contributed by atoms with Crippen molar-refractivity contribution in [3.8, 4) is 12.3 Å². The van der Waals surface area contributed by atoms with Crippen molar-refractivity contribution < 1.29 is 9.18 Å². The van der Waals surface area contributed by atoms with Crippen LogP contribution in [0.2, 0.25) is 0 Å². The number of terminal acetylenes is 1. The standard InChI is InChI=1S/C11H11FN2O/c1-3-6-14(2)11(15)8-4-5-9(12)10(13)7-8/h1,4-5,7H,6,13H2,2H3. The van der Waals surface area contributed by atoms with Crippen molar-refractivity contribution in [2.24, 2.45) is 0 Å². The van der Waals surface area contributed by atoms with Gasteiger partial charge in [0.2, 0.25) is 0 Å². The van der Waals surface area contributed by atoms with Gasteiger partial charge in [0.15, 0.2) is 0 Å². The second kappa shape index (κ2) is 4.47. The quantitative estimate of drug-likeness (QED) is 0.582. The molecule has 0 aliphatic rings. The first kappa shape index (κ1) is 11.1. The van der Waals surface area contributed by atoms with E-state index in [1.165, 1.54) is 17.0 Å². The molecule has 0 aliphatic heterocycles. The number of hydrogen-bond acceptors (Lipinski definition) is 2. The van der Waals surface area contributed by atoms with Crippen LogP contribution in [0.4, 0.5) is 10.1 Å². The molecule has 0 bridgehead atoms. The Labute approximate surface area is 87.7 Å². The molecule has 0 atom stereocenters. The summed E-state index contributed by atoms with van der Waals surface area (Å²) in [5.74, 6) is 1.53. The van der Waals surface area contributed by atoms with Gasteiger partial charge < -0.3 is 10.6 Å². The zero-order valence-electron chi connectivity index (χ0n) is 8.33. The highest BCUT2D eigenvalue weighted by Gasteiger charge is 2.11. The van der Waals surface area contributed by atoms with E-state index in [1.807, 2.05) is 0 Å². The maximum absolute atomic E-state index is 12.8.